The van der Waals surface area contributed by atoms with Gasteiger partial charge in [0.2, 0.25) is 0 Å². The van der Waals surface area contributed by atoms with Gasteiger partial charge in [0.25, 0.3) is 5.56 Å². The molecule has 0 aliphatic carbocycles. The quantitative estimate of drug-likeness (QED) is 0.808. The van der Waals surface area contributed by atoms with Gasteiger partial charge in [-0.15, -0.1) is 0 Å². The fourth-order valence-electron chi connectivity index (χ4n) is 2.38. The lowest BCUT2D eigenvalue weighted by molar-refractivity contribution is 0.155. The van der Waals surface area contributed by atoms with Gasteiger partial charge in [-0.25, -0.2) is 4.98 Å². The van der Waals surface area contributed by atoms with Crippen molar-refractivity contribution in [1.82, 2.24) is 9.55 Å². The standard InChI is InChI=1S/C17H15ClN2O2/c1-11-2-7-15-14(8-11)17(22)20(10-19-15)9-16(21)12-3-5-13(18)6-4-12/h2-8,10,16,21H,9H2,1H3/t16-/m0/s1. The van der Waals surface area contributed by atoms with Crippen LogP contribution in [0.1, 0.15) is 17.2 Å². The van der Waals surface area contributed by atoms with Crippen molar-refractivity contribution in [3.8, 4) is 0 Å². The smallest absolute Gasteiger partial charge is 0.261 e. The van der Waals surface area contributed by atoms with E-state index in [1.807, 2.05) is 25.1 Å². The van der Waals surface area contributed by atoms with Crippen LogP contribution in [0.4, 0.5) is 0 Å². The zero-order valence-corrected chi connectivity index (χ0v) is 12.8. The molecule has 3 aromatic rings. The van der Waals surface area contributed by atoms with Gasteiger partial charge in [-0.3, -0.25) is 9.36 Å². The van der Waals surface area contributed by atoms with E-state index in [0.29, 0.717) is 21.5 Å². The van der Waals surface area contributed by atoms with E-state index < -0.39 is 6.10 Å². The fraction of sp³-hybridized carbons (Fsp3) is 0.176. The van der Waals surface area contributed by atoms with E-state index >= 15 is 0 Å². The van der Waals surface area contributed by atoms with Crippen molar-refractivity contribution < 1.29 is 5.11 Å². The van der Waals surface area contributed by atoms with Gasteiger partial charge < -0.3 is 5.11 Å². The molecule has 112 valence electrons. The van der Waals surface area contributed by atoms with Gasteiger partial charge in [0.1, 0.15) is 0 Å². The highest BCUT2D eigenvalue weighted by atomic mass is 35.5. The summed E-state index contributed by atoms with van der Waals surface area (Å²) in [7, 11) is 0. The van der Waals surface area contributed by atoms with Gasteiger partial charge >= 0.3 is 0 Å². The molecule has 3 rings (SSSR count). The molecule has 0 saturated carbocycles. The van der Waals surface area contributed by atoms with Crippen molar-refractivity contribution >= 4 is 22.5 Å². The van der Waals surface area contributed by atoms with Crippen LogP contribution in [0.15, 0.2) is 53.6 Å². The molecule has 0 aliphatic heterocycles. The Bertz CT molecular complexity index is 872. The van der Waals surface area contributed by atoms with Crippen LogP contribution >= 0.6 is 11.6 Å². The van der Waals surface area contributed by atoms with Crippen molar-refractivity contribution in [1.29, 1.82) is 0 Å². The summed E-state index contributed by atoms with van der Waals surface area (Å²) in [4.78, 5) is 16.8. The van der Waals surface area contributed by atoms with Crippen LogP contribution in [0.5, 0.6) is 0 Å². The number of aliphatic hydroxyl groups is 1. The molecule has 2 aromatic carbocycles. The first-order chi connectivity index (χ1) is 10.5. The highest BCUT2D eigenvalue weighted by Gasteiger charge is 2.11. The third-order valence-electron chi connectivity index (χ3n) is 3.60. The highest BCUT2D eigenvalue weighted by Crippen LogP contribution is 2.18. The van der Waals surface area contributed by atoms with Crippen molar-refractivity contribution in [2.24, 2.45) is 0 Å². The topological polar surface area (TPSA) is 55.1 Å². The minimum atomic E-state index is -0.793. The number of benzene rings is 2. The second-order valence-corrected chi connectivity index (χ2v) is 5.73. The van der Waals surface area contributed by atoms with Gasteiger partial charge in [0, 0.05) is 5.02 Å². The van der Waals surface area contributed by atoms with Gasteiger partial charge in [-0.2, -0.15) is 0 Å². The monoisotopic (exact) mass is 314 g/mol. The average molecular weight is 315 g/mol. The van der Waals surface area contributed by atoms with E-state index in [4.69, 9.17) is 11.6 Å². The molecule has 0 amide bonds. The highest BCUT2D eigenvalue weighted by molar-refractivity contribution is 6.30. The van der Waals surface area contributed by atoms with E-state index in [1.165, 1.54) is 10.9 Å². The third kappa shape index (κ3) is 2.89. The molecule has 1 heterocycles. The van der Waals surface area contributed by atoms with Crippen molar-refractivity contribution in [2.45, 2.75) is 19.6 Å². The normalized spacial score (nSPS) is 12.5. The number of fused-ring (bicyclic) bond motifs is 1. The van der Waals surface area contributed by atoms with E-state index in [-0.39, 0.29) is 12.1 Å². The third-order valence-corrected chi connectivity index (χ3v) is 3.86. The SMILES string of the molecule is Cc1ccc2ncn(C[C@H](O)c3ccc(Cl)cc3)c(=O)c2c1. The van der Waals surface area contributed by atoms with Crippen molar-refractivity contribution in [3.05, 3.63) is 75.3 Å². The summed E-state index contributed by atoms with van der Waals surface area (Å²) in [6, 6.07) is 12.5. The number of halogens is 1. The van der Waals surface area contributed by atoms with Crippen LogP contribution in [-0.4, -0.2) is 14.7 Å². The molecular weight excluding hydrogens is 300 g/mol. The molecule has 22 heavy (non-hydrogen) atoms. The first-order valence-corrected chi connectivity index (χ1v) is 7.32. The molecule has 0 radical (unpaired) electrons. The summed E-state index contributed by atoms with van der Waals surface area (Å²) in [6.45, 7) is 2.08. The van der Waals surface area contributed by atoms with Crippen LogP contribution < -0.4 is 5.56 Å². The van der Waals surface area contributed by atoms with E-state index in [0.717, 1.165) is 5.56 Å². The van der Waals surface area contributed by atoms with Gasteiger partial charge in [0.05, 0.1) is 29.9 Å². The fourth-order valence-corrected chi connectivity index (χ4v) is 2.51. The molecule has 0 spiro atoms. The summed E-state index contributed by atoms with van der Waals surface area (Å²) in [5.74, 6) is 0. The summed E-state index contributed by atoms with van der Waals surface area (Å²) in [5.41, 5.74) is 2.22. The van der Waals surface area contributed by atoms with Crippen molar-refractivity contribution in [2.75, 3.05) is 0 Å². The molecule has 0 saturated heterocycles. The first-order valence-electron chi connectivity index (χ1n) is 6.94. The Morgan fingerprint density at radius 3 is 2.68 bits per heavy atom. The molecule has 0 fully saturated rings. The van der Waals surface area contributed by atoms with Gasteiger partial charge in [-0.1, -0.05) is 35.4 Å². The van der Waals surface area contributed by atoms with E-state index in [1.54, 1.807) is 24.3 Å². The Labute approximate surface area is 132 Å². The summed E-state index contributed by atoms with van der Waals surface area (Å²) in [6.07, 6.45) is 0.679. The molecule has 0 unspecified atom stereocenters. The Balaban J connectivity index is 1.95. The summed E-state index contributed by atoms with van der Waals surface area (Å²) >= 11 is 5.84. The Kier molecular flexibility index (Phi) is 3.96. The van der Waals surface area contributed by atoms with E-state index in [9.17, 15) is 9.90 Å². The number of nitrogens with zero attached hydrogens (tertiary/aromatic N) is 2. The zero-order chi connectivity index (χ0) is 15.7. The maximum atomic E-state index is 12.5. The second kappa shape index (κ2) is 5.91. The van der Waals surface area contributed by atoms with Crippen LogP contribution in [-0.2, 0) is 6.54 Å². The predicted octanol–water partition coefficient (Wildman–Crippen LogP) is 3.09. The van der Waals surface area contributed by atoms with E-state index in [2.05, 4.69) is 4.98 Å². The molecule has 5 heteroatoms. The Morgan fingerprint density at radius 2 is 1.95 bits per heavy atom. The molecule has 1 N–H and O–H groups in total. The molecular formula is C17H15ClN2O2. The number of aryl methyl sites for hydroxylation is 1. The number of aliphatic hydroxyl groups excluding tert-OH is 1. The molecule has 0 aliphatic rings. The van der Waals surface area contributed by atoms with Crippen LogP contribution in [0.2, 0.25) is 5.02 Å². The number of rotatable bonds is 3. The lowest BCUT2D eigenvalue weighted by Crippen LogP contribution is -2.23. The van der Waals surface area contributed by atoms with Crippen LogP contribution in [0.3, 0.4) is 0 Å². The maximum Gasteiger partial charge on any atom is 0.261 e. The van der Waals surface area contributed by atoms with Gasteiger partial charge in [0.15, 0.2) is 0 Å². The lowest BCUT2D eigenvalue weighted by atomic mass is 10.1. The molecule has 1 aromatic heterocycles. The zero-order valence-electron chi connectivity index (χ0n) is 12.0. The molecule has 4 nitrogen and oxygen atoms in total. The maximum absolute atomic E-state index is 12.5. The average Bonchev–Trinajstić information content (AvgIpc) is 2.51. The van der Waals surface area contributed by atoms with Gasteiger partial charge in [-0.05, 0) is 36.8 Å². The largest absolute Gasteiger partial charge is 0.387 e. The van der Waals surface area contributed by atoms with Crippen LogP contribution in [0.25, 0.3) is 10.9 Å². The molecule has 0 bridgehead atoms. The Morgan fingerprint density at radius 1 is 1.23 bits per heavy atom. The summed E-state index contributed by atoms with van der Waals surface area (Å²) < 4.78 is 1.43. The van der Waals surface area contributed by atoms with Crippen LogP contribution in [0, 0.1) is 6.92 Å². The molecule has 1 atom stereocenters. The predicted molar refractivity (Wildman–Crippen MR) is 87.2 cm³/mol. The van der Waals surface area contributed by atoms with Crippen molar-refractivity contribution in [3.63, 3.8) is 0 Å². The Hall–Kier alpha value is -2.17. The minimum Gasteiger partial charge on any atom is -0.387 e. The second-order valence-electron chi connectivity index (χ2n) is 5.29. The number of hydrogen-bond acceptors (Lipinski definition) is 3. The summed E-state index contributed by atoms with van der Waals surface area (Å²) in [5, 5.41) is 11.5. The number of aromatic nitrogens is 2. The first kappa shape index (κ1) is 14.8. The minimum absolute atomic E-state index is 0.150. The lowest BCUT2D eigenvalue weighted by Gasteiger charge is -2.13. The number of hydrogen-bond donors (Lipinski definition) is 1.